The Labute approximate surface area is 80.9 Å². The van der Waals surface area contributed by atoms with Crippen LogP contribution in [-0.4, -0.2) is 18.0 Å². The zero-order valence-electron chi connectivity index (χ0n) is 8.21. The molecule has 0 radical (unpaired) electrons. The lowest BCUT2D eigenvalue weighted by Gasteiger charge is -2.06. The van der Waals surface area contributed by atoms with Crippen LogP contribution in [0.15, 0.2) is 12.7 Å². The summed E-state index contributed by atoms with van der Waals surface area (Å²) < 4.78 is 0. The third-order valence-electron chi connectivity index (χ3n) is 1.54. The Morgan fingerprint density at radius 2 is 2.23 bits per heavy atom. The molecule has 0 aromatic heterocycles. The van der Waals surface area contributed by atoms with E-state index >= 15 is 0 Å². The SMILES string of the molecule is C=CCN(C#N)CC#CCCCC. The predicted octanol–water partition coefficient (Wildman–Crippen LogP) is 2.15. The number of hydrogen-bond acceptors (Lipinski definition) is 2. The Hall–Kier alpha value is -1.41. The molecule has 0 saturated heterocycles. The van der Waals surface area contributed by atoms with Crippen molar-refractivity contribution in [3.63, 3.8) is 0 Å². The average molecular weight is 176 g/mol. The second-order valence-electron chi connectivity index (χ2n) is 2.73. The normalized spacial score (nSPS) is 8.00. The molecular formula is C11H16N2. The summed E-state index contributed by atoms with van der Waals surface area (Å²) >= 11 is 0. The van der Waals surface area contributed by atoms with Gasteiger partial charge in [0.25, 0.3) is 0 Å². The van der Waals surface area contributed by atoms with Gasteiger partial charge in [-0.3, -0.25) is 4.90 Å². The van der Waals surface area contributed by atoms with Crippen LogP contribution in [0.25, 0.3) is 0 Å². The van der Waals surface area contributed by atoms with E-state index < -0.39 is 0 Å². The predicted molar refractivity (Wildman–Crippen MR) is 54.7 cm³/mol. The summed E-state index contributed by atoms with van der Waals surface area (Å²) in [5, 5.41) is 8.62. The molecule has 0 bridgehead atoms. The zero-order valence-corrected chi connectivity index (χ0v) is 8.21. The van der Waals surface area contributed by atoms with Gasteiger partial charge in [-0.25, -0.2) is 0 Å². The highest BCUT2D eigenvalue weighted by molar-refractivity contribution is 5.03. The van der Waals surface area contributed by atoms with Crippen LogP contribution in [0.2, 0.25) is 0 Å². The number of rotatable bonds is 5. The fraction of sp³-hybridized carbons (Fsp3) is 0.545. The van der Waals surface area contributed by atoms with Gasteiger partial charge in [-0.05, 0) is 6.42 Å². The summed E-state index contributed by atoms with van der Waals surface area (Å²) in [5.41, 5.74) is 0. The van der Waals surface area contributed by atoms with Crippen molar-refractivity contribution in [3.8, 4) is 18.0 Å². The minimum Gasteiger partial charge on any atom is -0.295 e. The molecule has 0 aliphatic heterocycles. The van der Waals surface area contributed by atoms with Crippen LogP contribution < -0.4 is 0 Å². The lowest BCUT2D eigenvalue weighted by atomic mass is 10.2. The highest BCUT2D eigenvalue weighted by atomic mass is 15.1. The average Bonchev–Trinajstić information content (AvgIpc) is 2.16. The maximum atomic E-state index is 8.62. The smallest absolute Gasteiger partial charge is 0.180 e. The highest BCUT2D eigenvalue weighted by Crippen LogP contribution is 1.90. The van der Waals surface area contributed by atoms with Gasteiger partial charge in [-0.2, -0.15) is 5.26 Å². The van der Waals surface area contributed by atoms with E-state index in [1.54, 1.807) is 11.0 Å². The Morgan fingerprint density at radius 3 is 2.77 bits per heavy atom. The molecule has 0 fully saturated rings. The first kappa shape index (κ1) is 11.6. The molecule has 0 aliphatic carbocycles. The van der Waals surface area contributed by atoms with E-state index in [9.17, 15) is 0 Å². The number of hydrogen-bond donors (Lipinski definition) is 0. The van der Waals surface area contributed by atoms with Gasteiger partial charge in [0.2, 0.25) is 0 Å². The molecule has 0 amide bonds. The van der Waals surface area contributed by atoms with Crippen LogP contribution in [0.5, 0.6) is 0 Å². The summed E-state index contributed by atoms with van der Waals surface area (Å²) in [6.07, 6.45) is 7.00. The molecule has 0 unspecified atom stereocenters. The first-order chi connectivity index (χ1) is 6.35. The first-order valence-electron chi connectivity index (χ1n) is 4.56. The van der Waals surface area contributed by atoms with E-state index in [4.69, 9.17) is 5.26 Å². The molecule has 0 aromatic carbocycles. The van der Waals surface area contributed by atoms with E-state index in [1.165, 1.54) is 6.42 Å². The maximum Gasteiger partial charge on any atom is 0.180 e. The minimum absolute atomic E-state index is 0.520. The summed E-state index contributed by atoms with van der Waals surface area (Å²) in [4.78, 5) is 1.58. The zero-order chi connectivity index (χ0) is 9.94. The molecule has 2 heteroatoms. The monoisotopic (exact) mass is 176 g/mol. The fourth-order valence-electron chi connectivity index (χ4n) is 0.801. The molecule has 0 heterocycles. The standard InChI is InChI=1S/C11H16N2/c1-3-5-6-7-8-10-13(11-12)9-4-2/h4H,2-3,5-6,9-10H2,1H3. The quantitative estimate of drug-likeness (QED) is 0.211. The van der Waals surface area contributed by atoms with Crippen LogP contribution >= 0.6 is 0 Å². The largest absolute Gasteiger partial charge is 0.295 e. The van der Waals surface area contributed by atoms with E-state index in [0.29, 0.717) is 13.1 Å². The second kappa shape index (κ2) is 8.68. The van der Waals surface area contributed by atoms with Gasteiger partial charge in [0.1, 0.15) is 0 Å². The van der Waals surface area contributed by atoms with Gasteiger partial charge in [-0.1, -0.05) is 25.3 Å². The summed E-state index contributed by atoms with van der Waals surface area (Å²) in [6.45, 7) is 6.81. The van der Waals surface area contributed by atoms with Crippen molar-refractivity contribution in [2.45, 2.75) is 26.2 Å². The number of unbranched alkanes of at least 4 members (excludes halogenated alkanes) is 2. The third-order valence-corrected chi connectivity index (χ3v) is 1.54. The summed E-state index contributed by atoms with van der Waals surface area (Å²) in [5.74, 6) is 5.99. The highest BCUT2D eigenvalue weighted by Gasteiger charge is 1.92. The molecule has 70 valence electrons. The van der Waals surface area contributed by atoms with Crippen molar-refractivity contribution >= 4 is 0 Å². The molecular weight excluding hydrogens is 160 g/mol. The summed E-state index contributed by atoms with van der Waals surface area (Å²) in [7, 11) is 0. The Morgan fingerprint density at radius 1 is 1.46 bits per heavy atom. The molecule has 13 heavy (non-hydrogen) atoms. The lowest BCUT2D eigenvalue weighted by Crippen LogP contribution is -2.17. The molecule has 2 nitrogen and oxygen atoms in total. The Balaban J connectivity index is 3.62. The Bertz CT molecular complexity index is 227. The van der Waals surface area contributed by atoms with Crippen molar-refractivity contribution in [3.05, 3.63) is 12.7 Å². The third kappa shape index (κ3) is 6.97. The van der Waals surface area contributed by atoms with Crippen molar-refractivity contribution in [1.29, 1.82) is 5.26 Å². The van der Waals surface area contributed by atoms with Crippen LogP contribution in [0.3, 0.4) is 0 Å². The number of nitriles is 1. The minimum atomic E-state index is 0.520. The summed E-state index contributed by atoms with van der Waals surface area (Å²) in [6, 6.07) is 0. The van der Waals surface area contributed by atoms with Crippen LogP contribution in [0.1, 0.15) is 26.2 Å². The molecule has 0 aliphatic rings. The molecule has 0 saturated carbocycles. The van der Waals surface area contributed by atoms with Crippen molar-refractivity contribution in [2.24, 2.45) is 0 Å². The van der Waals surface area contributed by atoms with E-state index in [2.05, 4.69) is 31.5 Å². The number of nitrogens with zero attached hydrogens (tertiary/aromatic N) is 2. The Kier molecular flexibility index (Phi) is 7.74. The molecule has 0 aromatic rings. The fourth-order valence-corrected chi connectivity index (χ4v) is 0.801. The van der Waals surface area contributed by atoms with Crippen LogP contribution in [-0.2, 0) is 0 Å². The van der Waals surface area contributed by atoms with Crippen molar-refractivity contribution < 1.29 is 0 Å². The molecule has 0 spiro atoms. The van der Waals surface area contributed by atoms with E-state index in [-0.39, 0.29) is 0 Å². The molecule has 0 rings (SSSR count). The van der Waals surface area contributed by atoms with E-state index in [1.807, 2.05) is 0 Å². The van der Waals surface area contributed by atoms with Crippen molar-refractivity contribution in [2.75, 3.05) is 13.1 Å². The van der Waals surface area contributed by atoms with Gasteiger partial charge < -0.3 is 0 Å². The van der Waals surface area contributed by atoms with Crippen LogP contribution in [0.4, 0.5) is 0 Å². The topological polar surface area (TPSA) is 27.0 Å². The van der Waals surface area contributed by atoms with Crippen molar-refractivity contribution in [1.82, 2.24) is 4.90 Å². The van der Waals surface area contributed by atoms with Crippen LogP contribution in [0, 0.1) is 23.3 Å². The second-order valence-corrected chi connectivity index (χ2v) is 2.73. The van der Waals surface area contributed by atoms with Gasteiger partial charge in [0.05, 0.1) is 6.54 Å². The van der Waals surface area contributed by atoms with Gasteiger partial charge in [-0.15, -0.1) is 12.5 Å². The van der Waals surface area contributed by atoms with Gasteiger partial charge >= 0.3 is 0 Å². The maximum absolute atomic E-state index is 8.62. The van der Waals surface area contributed by atoms with E-state index in [0.717, 1.165) is 12.8 Å². The lowest BCUT2D eigenvalue weighted by molar-refractivity contribution is 0.488. The molecule has 0 N–H and O–H groups in total. The first-order valence-corrected chi connectivity index (χ1v) is 4.56. The van der Waals surface area contributed by atoms with Gasteiger partial charge in [0, 0.05) is 13.0 Å². The van der Waals surface area contributed by atoms with Gasteiger partial charge in [0.15, 0.2) is 6.19 Å². The molecule has 0 atom stereocenters.